The molecule has 32 heavy (non-hydrogen) atoms. The second-order valence-electron chi connectivity index (χ2n) is 6.21. The van der Waals surface area contributed by atoms with Gasteiger partial charge in [0.2, 0.25) is 11.7 Å². The molecule has 0 aliphatic rings. The lowest BCUT2D eigenvalue weighted by molar-refractivity contribution is -0.384. The zero-order valence-electron chi connectivity index (χ0n) is 16.3. The van der Waals surface area contributed by atoms with E-state index in [9.17, 15) is 10.1 Å². The fraction of sp³-hybridized carbons (Fsp3) is 0.105. The van der Waals surface area contributed by atoms with Crippen LogP contribution in [0.2, 0.25) is 5.02 Å². The first kappa shape index (κ1) is 21.4. The van der Waals surface area contributed by atoms with Crippen LogP contribution in [0.5, 0.6) is 5.75 Å². The number of non-ortho nitro benzene ring substituents is 1. The SMILES string of the molecule is COc1c(-c2nnc(CCl)o2)nn(-c2cccc(Cl)c2)c1N=Nc1ccc([N+](=O)[O-])cc1. The quantitative estimate of drug-likeness (QED) is 0.146. The number of nitrogens with zero attached hydrogens (tertiary/aromatic N) is 7. The number of rotatable bonds is 7. The number of azo groups is 1. The van der Waals surface area contributed by atoms with Gasteiger partial charge in [-0.15, -0.1) is 32.0 Å². The largest absolute Gasteiger partial charge is 0.491 e. The second kappa shape index (κ2) is 9.12. The van der Waals surface area contributed by atoms with Gasteiger partial charge in [-0.3, -0.25) is 10.1 Å². The molecule has 0 atom stereocenters. The standard InChI is InChI=1S/C19H13Cl2N7O4/c1-31-17-16(19-25-23-15(10-20)32-19)26-27(14-4-2-3-11(21)9-14)18(17)24-22-12-5-7-13(8-6-12)28(29)30/h2-9H,10H2,1H3. The molecule has 162 valence electrons. The second-order valence-corrected chi connectivity index (χ2v) is 6.91. The molecule has 0 N–H and O–H groups in total. The Morgan fingerprint density at radius 1 is 1.19 bits per heavy atom. The van der Waals surface area contributed by atoms with Crippen molar-refractivity contribution in [2.24, 2.45) is 10.2 Å². The molecular formula is C19H13Cl2N7O4. The van der Waals surface area contributed by atoms with E-state index >= 15 is 0 Å². The Hall–Kier alpha value is -3.83. The van der Waals surface area contributed by atoms with E-state index in [2.05, 4.69) is 25.5 Å². The lowest BCUT2D eigenvalue weighted by atomic mass is 10.3. The molecule has 0 unspecified atom stereocenters. The summed E-state index contributed by atoms with van der Waals surface area (Å²) < 4.78 is 12.5. The third kappa shape index (κ3) is 4.29. The van der Waals surface area contributed by atoms with Crippen LogP contribution in [0.1, 0.15) is 5.89 Å². The molecule has 0 radical (unpaired) electrons. The van der Waals surface area contributed by atoms with E-state index in [1.54, 1.807) is 24.3 Å². The van der Waals surface area contributed by atoms with Crippen molar-refractivity contribution < 1.29 is 14.1 Å². The molecule has 0 aliphatic heterocycles. The van der Waals surface area contributed by atoms with Crippen molar-refractivity contribution in [1.29, 1.82) is 0 Å². The topological polar surface area (TPSA) is 134 Å². The summed E-state index contributed by atoms with van der Waals surface area (Å²) in [6.45, 7) is 0. The number of aromatic nitrogens is 4. The summed E-state index contributed by atoms with van der Waals surface area (Å²) in [5.41, 5.74) is 1.14. The lowest BCUT2D eigenvalue weighted by Crippen LogP contribution is -1.96. The molecule has 13 heteroatoms. The molecule has 0 spiro atoms. The molecule has 2 heterocycles. The molecule has 2 aromatic heterocycles. The summed E-state index contributed by atoms with van der Waals surface area (Å²) in [7, 11) is 1.44. The molecule has 0 aliphatic carbocycles. The fourth-order valence-corrected chi connectivity index (χ4v) is 3.04. The molecule has 4 rings (SSSR count). The molecular weight excluding hydrogens is 461 g/mol. The molecule has 0 saturated heterocycles. The number of hydrogen-bond acceptors (Lipinski definition) is 9. The third-order valence-electron chi connectivity index (χ3n) is 4.18. The first-order chi connectivity index (χ1) is 15.5. The first-order valence-electron chi connectivity index (χ1n) is 8.98. The smallest absolute Gasteiger partial charge is 0.272 e. The Balaban J connectivity index is 1.83. The Morgan fingerprint density at radius 3 is 2.59 bits per heavy atom. The Morgan fingerprint density at radius 2 is 1.97 bits per heavy atom. The molecule has 4 aromatic rings. The van der Waals surface area contributed by atoms with Gasteiger partial charge in [0.05, 0.1) is 23.4 Å². The van der Waals surface area contributed by atoms with Crippen molar-refractivity contribution in [3.8, 4) is 23.0 Å². The number of nitro benzene ring substituents is 1. The van der Waals surface area contributed by atoms with Gasteiger partial charge in [-0.2, -0.15) is 5.10 Å². The highest BCUT2D eigenvalue weighted by atomic mass is 35.5. The number of nitro groups is 1. The minimum absolute atomic E-state index is 0.0387. The number of hydrogen-bond donors (Lipinski definition) is 0. The van der Waals surface area contributed by atoms with E-state index in [1.807, 2.05) is 0 Å². The van der Waals surface area contributed by atoms with E-state index in [1.165, 1.54) is 36.1 Å². The van der Waals surface area contributed by atoms with Crippen LogP contribution in [0.3, 0.4) is 0 Å². The van der Waals surface area contributed by atoms with E-state index < -0.39 is 4.92 Å². The van der Waals surface area contributed by atoms with Gasteiger partial charge in [-0.1, -0.05) is 17.7 Å². The lowest BCUT2D eigenvalue weighted by Gasteiger charge is -2.04. The first-order valence-corrected chi connectivity index (χ1v) is 9.89. The third-order valence-corrected chi connectivity index (χ3v) is 4.64. The monoisotopic (exact) mass is 473 g/mol. The zero-order valence-corrected chi connectivity index (χ0v) is 17.9. The Bertz CT molecular complexity index is 1300. The summed E-state index contributed by atoms with van der Waals surface area (Å²) in [5, 5.41) is 32.1. The molecule has 2 aromatic carbocycles. The van der Waals surface area contributed by atoms with Crippen LogP contribution in [0.15, 0.2) is 63.2 Å². The highest BCUT2D eigenvalue weighted by Crippen LogP contribution is 2.40. The van der Waals surface area contributed by atoms with Crippen LogP contribution in [-0.2, 0) is 5.88 Å². The van der Waals surface area contributed by atoms with E-state index in [0.717, 1.165) is 0 Å². The van der Waals surface area contributed by atoms with Crippen LogP contribution in [0, 0.1) is 10.1 Å². The van der Waals surface area contributed by atoms with Gasteiger partial charge >= 0.3 is 0 Å². The highest BCUT2D eigenvalue weighted by Gasteiger charge is 2.25. The maximum Gasteiger partial charge on any atom is 0.272 e. The van der Waals surface area contributed by atoms with Gasteiger partial charge in [0.1, 0.15) is 5.88 Å². The van der Waals surface area contributed by atoms with Gasteiger partial charge in [0, 0.05) is 17.2 Å². The average Bonchev–Trinajstić information content (AvgIpc) is 3.42. The van der Waals surface area contributed by atoms with Crippen LogP contribution < -0.4 is 4.74 Å². The average molecular weight is 474 g/mol. The van der Waals surface area contributed by atoms with E-state index in [-0.39, 0.29) is 40.6 Å². The number of benzene rings is 2. The normalized spacial score (nSPS) is 11.2. The van der Waals surface area contributed by atoms with Crippen LogP contribution in [0.25, 0.3) is 17.3 Å². The van der Waals surface area contributed by atoms with Crippen LogP contribution in [-0.4, -0.2) is 32.0 Å². The minimum atomic E-state index is -0.496. The molecule has 0 bridgehead atoms. The number of alkyl halides is 1. The maximum atomic E-state index is 10.8. The molecule has 0 saturated carbocycles. The molecule has 11 nitrogen and oxygen atoms in total. The Kier molecular flexibility index (Phi) is 6.10. The van der Waals surface area contributed by atoms with Crippen LogP contribution in [0.4, 0.5) is 17.2 Å². The number of halogens is 2. The summed E-state index contributed by atoms with van der Waals surface area (Å²) in [5.74, 6) is 0.783. The van der Waals surface area contributed by atoms with E-state index in [4.69, 9.17) is 32.4 Å². The van der Waals surface area contributed by atoms with E-state index in [0.29, 0.717) is 16.4 Å². The highest BCUT2D eigenvalue weighted by molar-refractivity contribution is 6.30. The van der Waals surface area contributed by atoms with Gasteiger partial charge < -0.3 is 9.15 Å². The van der Waals surface area contributed by atoms with Gasteiger partial charge in [0.25, 0.3) is 11.6 Å². The van der Waals surface area contributed by atoms with Crippen molar-refractivity contribution in [2.45, 2.75) is 5.88 Å². The minimum Gasteiger partial charge on any atom is -0.491 e. The molecule has 0 amide bonds. The number of ether oxygens (including phenoxy) is 1. The predicted molar refractivity (Wildman–Crippen MR) is 115 cm³/mol. The van der Waals surface area contributed by atoms with Crippen molar-refractivity contribution in [1.82, 2.24) is 20.0 Å². The van der Waals surface area contributed by atoms with Gasteiger partial charge in [-0.25, -0.2) is 4.68 Å². The van der Waals surface area contributed by atoms with Crippen molar-refractivity contribution >= 4 is 40.4 Å². The van der Waals surface area contributed by atoms with Gasteiger partial charge in [-0.05, 0) is 30.3 Å². The van der Waals surface area contributed by atoms with Crippen LogP contribution >= 0.6 is 23.2 Å². The zero-order chi connectivity index (χ0) is 22.7. The summed E-state index contributed by atoms with van der Waals surface area (Å²) in [4.78, 5) is 10.4. The van der Waals surface area contributed by atoms with Gasteiger partial charge in [0.15, 0.2) is 11.4 Å². The molecule has 0 fully saturated rings. The van der Waals surface area contributed by atoms with Crippen molar-refractivity contribution in [2.75, 3.05) is 7.11 Å². The number of methoxy groups -OCH3 is 1. The van der Waals surface area contributed by atoms with Crippen molar-refractivity contribution in [3.05, 3.63) is 69.6 Å². The summed E-state index contributed by atoms with van der Waals surface area (Å²) in [6, 6.07) is 12.5. The predicted octanol–water partition coefficient (Wildman–Crippen LogP) is 5.65. The summed E-state index contributed by atoms with van der Waals surface area (Å²) in [6.07, 6.45) is 0. The fourth-order valence-electron chi connectivity index (χ4n) is 2.75. The maximum absolute atomic E-state index is 10.8. The summed E-state index contributed by atoms with van der Waals surface area (Å²) >= 11 is 11.9. The van der Waals surface area contributed by atoms with Crippen molar-refractivity contribution in [3.63, 3.8) is 0 Å². The Labute approximate surface area is 190 Å².